The average Bonchev–Trinajstić information content (AvgIpc) is 3.35. The van der Waals surface area contributed by atoms with Gasteiger partial charge in [0.2, 0.25) is 5.91 Å². The molecule has 4 rings (SSSR count). The summed E-state index contributed by atoms with van der Waals surface area (Å²) in [6, 6.07) is 2.12. The van der Waals surface area contributed by atoms with E-state index in [9.17, 15) is 9.59 Å². The van der Waals surface area contributed by atoms with Crippen LogP contribution in [0.5, 0.6) is 0 Å². The van der Waals surface area contributed by atoms with Gasteiger partial charge in [-0.2, -0.15) is 0 Å². The number of hydrogen-bond donors (Lipinski definition) is 2. The van der Waals surface area contributed by atoms with Crippen LogP contribution >= 0.6 is 11.3 Å². The molecule has 6 heteroatoms. The Bertz CT molecular complexity index is 643. The Morgan fingerprint density at radius 2 is 2.08 bits per heavy atom. The summed E-state index contributed by atoms with van der Waals surface area (Å²) in [4.78, 5) is 29.5. The van der Waals surface area contributed by atoms with Crippen molar-refractivity contribution in [3.63, 3.8) is 0 Å². The molecule has 0 aromatic carbocycles. The highest BCUT2D eigenvalue weighted by Crippen LogP contribution is 2.31. The molecule has 0 spiro atoms. The number of thiophene rings is 1. The van der Waals surface area contributed by atoms with Crippen LogP contribution in [-0.2, 0) is 17.6 Å². The topological polar surface area (TPSA) is 61.4 Å². The fourth-order valence-corrected chi connectivity index (χ4v) is 5.67. The molecule has 3 aliphatic rings. The molecule has 2 atom stereocenters. The molecule has 2 amide bonds. The largest absolute Gasteiger partial charge is 0.354 e. The van der Waals surface area contributed by atoms with Gasteiger partial charge in [-0.3, -0.25) is 9.59 Å². The monoisotopic (exact) mass is 375 g/mol. The highest BCUT2D eigenvalue weighted by molar-refractivity contribution is 7.14. The minimum atomic E-state index is -0.0197. The number of likely N-dealkylation sites (tertiary alicyclic amines) is 1. The Kier molecular flexibility index (Phi) is 5.60. The van der Waals surface area contributed by atoms with Crippen molar-refractivity contribution in [2.45, 2.75) is 57.4 Å². The number of amides is 2. The van der Waals surface area contributed by atoms with Crippen LogP contribution in [0.2, 0.25) is 0 Å². The average molecular weight is 376 g/mol. The molecule has 142 valence electrons. The number of rotatable bonds is 4. The van der Waals surface area contributed by atoms with Crippen LogP contribution in [0.25, 0.3) is 0 Å². The van der Waals surface area contributed by atoms with Crippen LogP contribution in [0.3, 0.4) is 0 Å². The number of hydrogen-bond acceptors (Lipinski definition) is 4. The summed E-state index contributed by atoms with van der Waals surface area (Å²) in [5.74, 6) is 0.683. The van der Waals surface area contributed by atoms with Crippen molar-refractivity contribution < 1.29 is 9.59 Å². The normalized spacial score (nSPS) is 25.8. The van der Waals surface area contributed by atoms with Crippen LogP contribution in [0.4, 0.5) is 0 Å². The zero-order chi connectivity index (χ0) is 17.9. The predicted molar refractivity (Wildman–Crippen MR) is 104 cm³/mol. The van der Waals surface area contributed by atoms with Crippen molar-refractivity contribution in [1.82, 2.24) is 15.5 Å². The van der Waals surface area contributed by atoms with Gasteiger partial charge < -0.3 is 15.5 Å². The zero-order valence-electron chi connectivity index (χ0n) is 15.4. The van der Waals surface area contributed by atoms with Crippen molar-refractivity contribution in [3.05, 3.63) is 21.4 Å². The van der Waals surface area contributed by atoms with Crippen molar-refractivity contribution in [2.24, 2.45) is 5.92 Å². The molecule has 2 N–H and O–H groups in total. The molecule has 1 aromatic rings. The van der Waals surface area contributed by atoms with E-state index < -0.39 is 0 Å². The van der Waals surface area contributed by atoms with Crippen LogP contribution in [0, 0.1) is 5.92 Å². The van der Waals surface area contributed by atoms with Gasteiger partial charge in [0.25, 0.3) is 5.91 Å². The van der Waals surface area contributed by atoms with Gasteiger partial charge in [-0.25, -0.2) is 0 Å². The maximum absolute atomic E-state index is 12.9. The summed E-state index contributed by atoms with van der Waals surface area (Å²) in [6.45, 7) is 3.23. The summed E-state index contributed by atoms with van der Waals surface area (Å²) < 4.78 is 0. The van der Waals surface area contributed by atoms with Crippen LogP contribution in [0.1, 0.15) is 58.6 Å². The highest BCUT2D eigenvalue weighted by atomic mass is 32.1. The SMILES string of the molecule is O=C(NCC1CCCN(C(=O)c2cc3c(s2)CCCC3)C1)C1CCCN1. The first-order valence-electron chi connectivity index (χ1n) is 10.1. The molecular formula is C20H29N3O2S. The standard InChI is InChI=1S/C20H29N3O2S/c24-19(16-7-3-9-21-16)22-12-14-5-4-10-23(13-14)20(25)18-11-15-6-1-2-8-17(15)26-18/h11,14,16,21H,1-10,12-13H2,(H,22,24). The van der Waals surface area contributed by atoms with Gasteiger partial charge in [0.05, 0.1) is 10.9 Å². The predicted octanol–water partition coefficient (Wildman–Crippen LogP) is 2.35. The Morgan fingerprint density at radius 3 is 2.88 bits per heavy atom. The third-order valence-electron chi connectivity index (χ3n) is 5.96. The van der Waals surface area contributed by atoms with E-state index >= 15 is 0 Å². The van der Waals surface area contributed by atoms with E-state index in [0.717, 1.165) is 63.0 Å². The maximum Gasteiger partial charge on any atom is 0.263 e. The summed E-state index contributed by atoms with van der Waals surface area (Å²) in [6.07, 6.45) is 8.89. The van der Waals surface area contributed by atoms with E-state index in [1.807, 2.05) is 4.90 Å². The molecule has 3 heterocycles. The summed E-state index contributed by atoms with van der Waals surface area (Å²) >= 11 is 1.70. The van der Waals surface area contributed by atoms with Gasteiger partial charge in [0, 0.05) is 24.5 Å². The Morgan fingerprint density at radius 1 is 1.19 bits per heavy atom. The van der Waals surface area contributed by atoms with Gasteiger partial charge in [-0.15, -0.1) is 11.3 Å². The molecule has 2 saturated heterocycles. The van der Waals surface area contributed by atoms with Crippen LogP contribution in [-0.4, -0.2) is 48.9 Å². The lowest BCUT2D eigenvalue weighted by Crippen LogP contribution is -2.46. The van der Waals surface area contributed by atoms with E-state index in [1.165, 1.54) is 23.3 Å². The minimum absolute atomic E-state index is 0.0197. The fraction of sp³-hybridized carbons (Fsp3) is 0.700. The van der Waals surface area contributed by atoms with Crippen molar-refractivity contribution in [3.8, 4) is 0 Å². The van der Waals surface area contributed by atoms with E-state index in [0.29, 0.717) is 12.5 Å². The maximum atomic E-state index is 12.9. The van der Waals surface area contributed by atoms with Gasteiger partial charge in [0.1, 0.15) is 0 Å². The number of carbonyl (C=O) groups is 2. The molecule has 2 unspecified atom stereocenters. The number of piperidine rings is 1. The van der Waals surface area contributed by atoms with Crippen LogP contribution < -0.4 is 10.6 Å². The van der Waals surface area contributed by atoms with Crippen molar-refractivity contribution in [2.75, 3.05) is 26.2 Å². The number of aryl methyl sites for hydroxylation is 2. The molecule has 0 saturated carbocycles. The zero-order valence-corrected chi connectivity index (χ0v) is 16.2. The van der Waals surface area contributed by atoms with E-state index in [2.05, 4.69) is 16.7 Å². The second-order valence-electron chi connectivity index (χ2n) is 7.92. The van der Waals surface area contributed by atoms with Gasteiger partial charge in [-0.1, -0.05) is 0 Å². The lowest BCUT2D eigenvalue weighted by molar-refractivity contribution is -0.123. The Balaban J connectivity index is 1.32. The van der Waals surface area contributed by atoms with Crippen LogP contribution in [0.15, 0.2) is 6.07 Å². The third kappa shape index (κ3) is 3.96. The molecule has 1 aliphatic carbocycles. The molecule has 2 aliphatic heterocycles. The van der Waals surface area contributed by atoms with Crippen molar-refractivity contribution >= 4 is 23.2 Å². The molecule has 1 aromatic heterocycles. The smallest absolute Gasteiger partial charge is 0.263 e. The first-order chi connectivity index (χ1) is 12.7. The summed E-state index contributed by atoms with van der Waals surface area (Å²) in [5, 5.41) is 6.34. The molecule has 5 nitrogen and oxygen atoms in total. The van der Waals surface area contributed by atoms with Crippen molar-refractivity contribution in [1.29, 1.82) is 0 Å². The number of carbonyl (C=O) groups excluding carboxylic acids is 2. The van der Waals surface area contributed by atoms with Gasteiger partial charge in [0.15, 0.2) is 0 Å². The highest BCUT2D eigenvalue weighted by Gasteiger charge is 2.28. The second kappa shape index (κ2) is 8.09. The minimum Gasteiger partial charge on any atom is -0.354 e. The Labute approximate surface area is 159 Å². The number of nitrogens with zero attached hydrogens (tertiary/aromatic N) is 1. The molecule has 26 heavy (non-hydrogen) atoms. The number of fused-ring (bicyclic) bond motifs is 1. The summed E-state index contributed by atoms with van der Waals surface area (Å²) in [5.41, 5.74) is 1.40. The Hall–Kier alpha value is -1.40. The lowest BCUT2D eigenvalue weighted by Gasteiger charge is -2.32. The molecular weight excluding hydrogens is 346 g/mol. The molecule has 0 bridgehead atoms. The molecule has 0 radical (unpaired) electrons. The number of nitrogens with one attached hydrogen (secondary N) is 2. The van der Waals surface area contributed by atoms with E-state index in [1.54, 1.807) is 11.3 Å². The lowest BCUT2D eigenvalue weighted by atomic mass is 9.97. The first-order valence-corrected chi connectivity index (χ1v) is 10.9. The third-order valence-corrected chi connectivity index (χ3v) is 7.18. The van der Waals surface area contributed by atoms with E-state index in [-0.39, 0.29) is 17.9 Å². The van der Waals surface area contributed by atoms with Gasteiger partial charge in [-0.05, 0) is 75.5 Å². The van der Waals surface area contributed by atoms with E-state index in [4.69, 9.17) is 0 Å². The van der Waals surface area contributed by atoms with Gasteiger partial charge >= 0.3 is 0 Å². The molecule has 2 fully saturated rings. The summed E-state index contributed by atoms with van der Waals surface area (Å²) in [7, 11) is 0. The quantitative estimate of drug-likeness (QED) is 0.849. The first kappa shape index (κ1) is 18.0. The fourth-order valence-electron chi connectivity index (χ4n) is 4.44. The second-order valence-corrected chi connectivity index (χ2v) is 9.06.